The van der Waals surface area contributed by atoms with Gasteiger partial charge >= 0.3 is 6.03 Å². The number of hydrogen-bond acceptors (Lipinski definition) is 3. The molecule has 3 rings (SSSR count). The number of nitrogens with two attached hydrogens (primary N) is 1. The van der Waals surface area contributed by atoms with Crippen LogP contribution in [0, 0.1) is 5.92 Å². The average Bonchev–Trinajstić information content (AvgIpc) is 2.67. The first-order valence-corrected chi connectivity index (χ1v) is 7.04. The molecular weight excluding hydrogens is 254 g/mol. The Morgan fingerprint density at radius 1 is 1.20 bits per heavy atom. The SMILES string of the molecule is CC1CCC2(CC1)NC(=O)N(c1ccc(N)cc1)C2=O. The van der Waals surface area contributed by atoms with Gasteiger partial charge in [-0.1, -0.05) is 6.92 Å². The Labute approximate surface area is 118 Å². The van der Waals surface area contributed by atoms with Gasteiger partial charge in [0.1, 0.15) is 5.54 Å². The number of urea groups is 1. The van der Waals surface area contributed by atoms with Gasteiger partial charge in [-0.25, -0.2) is 9.69 Å². The normalized spacial score (nSPS) is 29.9. The third kappa shape index (κ3) is 1.94. The Hall–Kier alpha value is -2.04. The summed E-state index contributed by atoms with van der Waals surface area (Å²) >= 11 is 0. The lowest BCUT2D eigenvalue weighted by atomic mass is 9.77. The summed E-state index contributed by atoms with van der Waals surface area (Å²) in [6, 6.07) is 6.48. The Kier molecular flexibility index (Phi) is 2.92. The Bertz CT molecular complexity index is 545. The second kappa shape index (κ2) is 4.51. The molecule has 5 nitrogen and oxygen atoms in total. The molecule has 1 aromatic rings. The van der Waals surface area contributed by atoms with Crippen molar-refractivity contribution in [3.63, 3.8) is 0 Å². The van der Waals surface area contributed by atoms with E-state index >= 15 is 0 Å². The van der Waals surface area contributed by atoms with Gasteiger partial charge < -0.3 is 11.1 Å². The molecule has 106 valence electrons. The lowest BCUT2D eigenvalue weighted by Crippen LogP contribution is -2.49. The summed E-state index contributed by atoms with van der Waals surface area (Å²) in [4.78, 5) is 26.1. The lowest BCUT2D eigenvalue weighted by molar-refractivity contribution is -0.123. The van der Waals surface area contributed by atoms with Gasteiger partial charge in [0, 0.05) is 5.69 Å². The molecule has 5 heteroatoms. The number of amides is 3. The molecule has 1 saturated carbocycles. The zero-order chi connectivity index (χ0) is 14.3. The first kappa shape index (κ1) is 13.0. The van der Waals surface area contributed by atoms with Crippen LogP contribution in [0.3, 0.4) is 0 Å². The van der Waals surface area contributed by atoms with Gasteiger partial charge in [0.2, 0.25) is 0 Å². The van der Waals surface area contributed by atoms with E-state index in [1.165, 1.54) is 4.90 Å². The van der Waals surface area contributed by atoms with Crippen LogP contribution in [0.5, 0.6) is 0 Å². The van der Waals surface area contributed by atoms with Crippen molar-refractivity contribution in [1.82, 2.24) is 5.32 Å². The first-order chi connectivity index (χ1) is 9.52. The van der Waals surface area contributed by atoms with Crippen LogP contribution in [0.4, 0.5) is 16.2 Å². The van der Waals surface area contributed by atoms with E-state index in [-0.39, 0.29) is 11.9 Å². The van der Waals surface area contributed by atoms with Crippen LogP contribution in [0.1, 0.15) is 32.6 Å². The number of carbonyl (C=O) groups is 2. The van der Waals surface area contributed by atoms with E-state index in [1.807, 2.05) is 0 Å². The molecule has 1 aliphatic carbocycles. The van der Waals surface area contributed by atoms with E-state index in [0.717, 1.165) is 25.7 Å². The molecule has 3 amide bonds. The summed E-state index contributed by atoms with van der Waals surface area (Å²) in [5, 5.41) is 2.91. The van der Waals surface area contributed by atoms with Gasteiger partial charge in [-0.15, -0.1) is 0 Å². The zero-order valence-corrected chi connectivity index (χ0v) is 11.6. The number of imide groups is 1. The fourth-order valence-electron chi connectivity index (χ4n) is 3.07. The van der Waals surface area contributed by atoms with Crippen molar-refractivity contribution in [2.45, 2.75) is 38.1 Å². The highest BCUT2D eigenvalue weighted by atomic mass is 16.2. The number of nitrogens with one attached hydrogen (secondary N) is 1. The molecular formula is C15H19N3O2. The van der Waals surface area contributed by atoms with Crippen LogP contribution in [-0.4, -0.2) is 17.5 Å². The highest BCUT2D eigenvalue weighted by Gasteiger charge is 2.52. The zero-order valence-electron chi connectivity index (χ0n) is 11.6. The Balaban J connectivity index is 1.89. The van der Waals surface area contributed by atoms with Crippen molar-refractivity contribution in [3.05, 3.63) is 24.3 Å². The number of rotatable bonds is 1. The van der Waals surface area contributed by atoms with Crippen molar-refractivity contribution in [2.75, 3.05) is 10.6 Å². The summed E-state index contributed by atoms with van der Waals surface area (Å²) in [5.74, 6) is 0.495. The van der Waals surface area contributed by atoms with Crippen LogP contribution < -0.4 is 16.0 Å². The summed E-state index contributed by atoms with van der Waals surface area (Å²) < 4.78 is 0. The molecule has 0 unspecified atom stereocenters. The van der Waals surface area contributed by atoms with E-state index in [1.54, 1.807) is 24.3 Å². The monoisotopic (exact) mass is 273 g/mol. The molecule has 0 aromatic heterocycles. The number of nitrogens with zero attached hydrogens (tertiary/aromatic N) is 1. The Morgan fingerprint density at radius 3 is 2.40 bits per heavy atom. The van der Waals surface area contributed by atoms with E-state index in [9.17, 15) is 9.59 Å². The van der Waals surface area contributed by atoms with Crippen molar-refractivity contribution >= 4 is 23.3 Å². The van der Waals surface area contributed by atoms with Crippen molar-refractivity contribution in [1.29, 1.82) is 0 Å². The number of benzene rings is 1. The number of anilines is 2. The van der Waals surface area contributed by atoms with Crippen molar-refractivity contribution in [2.24, 2.45) is 5.92 Å². The van der Waals surface area contributed by atoms with Crippen LogP contribution in [0.15, 0.2) is 24.3 Å². The molecule has 3 N–H and O–H groups in total. The second-order valence-electron chi connectivity index (χ2n) is 5.93. The minimum atomic E-state index is -0.690. The van der Waals surface area contributed by atoms with Crippen molar-refractivity contribution in [3.8, 4) is 0 Å². The molecule has 0 radical (unpaired) electrons. The molecule has 2 fully saturated rings. The molecule has 1 aromatic carbocycles. The fourth-order valence-corrected chi connectivity index (χ4v) is 3.07. The molecule has 1 aliphatic heterocycles. The summed E-state index contributed by atoms with van der Waals surface area (Å²) in [6.45, 7) is 2.19. The number of nitrogen functional groups attached to an aromatic ring is 1. The largest absolute Gasteiger partial charge is 0.399 e. The predicted octanol–water partition coefficient (Wildman–Crippen LogP) is 2.27. The van der Waals surface area contributed by atoms with Gasteiger partial charge in [0.25, 0.3) is 5.91 Å². The first-order valence-electron chi connectivity index (χ1n) is 7.04. The average molecular weight is 273 g/mol. The van der Waals surface area contributed by atoms with Gasteiger partial charge in [-0.05, 0) is 55.9 Å². The van der Waals surface area contributed by atoms with Crippen LogP contribution in [0.25, 0.3) is 0 Å². The highest BCUT2D eigenvalue weighted by Crippen LogP contribution is 2.37. The molecule has 0 bridgehead atoms. The van der Waals surface area contributed by atoms with Gasteiger partial charge in [-0.3, -0.25) is 4.79 Å². The molecule has 1 spiro atoms. The van der Waals surface area contributed by atoms with Gasteiger partial charge in [0.05, 0.1) is 5.69 Å². The summed E-state index contributed by atoms with van der Waals surface area (Å²) in [5.41, 5.74) is 6.15. The maximum absolute atomic E-state index is 12.7. The molecule has 2 aliphatic rings. The van der Waals surface area contributed by atoms with Crippen LogP contribution in [0.2, 0.25) is 0 Å². The smallest absolute Gasteiger partial charge is 0.329 e. The minimum absolute atomic E-state index is 0.126. The highest BCUT2D eigenvalue weighted by molar-refractivity contribution is 6.23. The maximum Gasteiger partial charge on any atom is 0.329 e. The van der Waals surface area contributed by atoms with E-state index in [0.29, 0.717) is 17.3 Å². The summed E-state index contributed by atoms with van der Waals surface area (Å²) in [7, 11) is 0. The molecule has 1 saturated heterocycles. The predicted molar refractivity (Wildman–Crippen MR) is 77.2 cm³/mol. The number of hydrogen-bond donors (Lipinski definition) is 2. The molecule has 20 heavy (non-hydrogen) atoms. The van der Waals surface area contributed by atoms with Crippen molar-refractivity contribution < 1.29 is 9.59 Å². The third-order valence-electron chi connectivity index (χ3n) is 4.44. The lowest BCUT2D eigenvalue weighted by Gasteiger charge is -2.33. The maximum atomic E-state index is 12.7. The van der Waals surface area contributed by atoms with E-state index in [2.05, 4.69) is 12.2 Å². The quantitative estimate of drug-likeness (QED) is 0.609. The Morgan fingerprint density at radius 2 is 1.80 bits per heavy atom. The molecule has 1 heterocycles. The van der Waals surface area contributed by atoms with Crippen LogP contribution in [-0.2, 0) is 4.79 Å². The number of carbonyl (C=O) groups excluding carboxylic acids is 2. The minimum Gasteiger partial charge on any atom is -0.399 e. The second-order valence-corrected chi connectivity index (χ2v) is 5.93. The van der Waals surface area contributed by atoms with E-state index < -0.39 is 5.54 Å². The topological polar surface area (TPSA) is 75.4 Å². The standard InChI is InChI=1S/C15H19N3O2/c1-10-6-8-15(9-7-10)13(19)18(14(20)17-15)12-4-2-11(16)3-5-12/h2-5,10H,6-9,16H2,1H3,(H,17,20). The summed E-state index contributed by atoms with van der Waals surface area (Å²) in [6.07, 6.45) is 3.40. The fraction of sp³-hybridized carbons (Fsp3) is 0.467. The third-order valence-corrected chi connectivity index (χ3v) is 4.44. The van der Waals surface area contributed by atoms with Crippen LogP contribution >= 0.6 is 0 Å². The van der Waals surface area contributed by atoms with Gasteiger partial charge in [0.15, 0.2) is 0 Å². The van der Waals surface area contributed by atoms with E-state index in [4.69, 9.17) is 5.73 Å². The molecule has 0 atom stereocenters. The van der Waals surface area contributed by atoms with Gasteiger partial charge in [-0.2, -0.15) is 0 Å².